The Kier molecular flexibility index (Phi) is 6.92. The van der Waals surface area contributed by atoms with E-state index < -0.39 is 10.8 Å². The molecule has 6 heteroatoms. The Hall–Kier alpha value is -4.71. The lowest BCUT2D eigenvalue weighted by atomic mass is 9.68. The summed E-state index contributed by atoms with van der Waals surface area (Å²) in [6, 6.07) is 22.4. The Bertz CT molecular complexity index is 1490. The van der Waals surface area contributed by atoms with E-state index in [1.54, 1.807) is 36.4 Å². The Morgan fingerprint density at radius 2 is 0.842 bits per heavy atom. The monoisotopic (exact) mass is 508 g/mol. The second-order valence-corrected chi connectivity index (χ2v) is 10.0. The Labute approximate surface area is 220 Å². The average Bonchev–Trinajstić information content (AvgIpc) is 2.93. The second kappa shape index (κ2) is 9.98. The average molecular weight is 509 g/mol. The summed E-state index contributed by atoms with van der Waals surface area (Å²) in [7, 11) is 0. The zero-order valence-corrected chi connectivity index (χ0v) is 21.3. The lowest BCUT2D eigenvalue weighted by Gasteiger charge is -2.34. The quantitative estimate of drug-likeness (QED) is 0.201. The van der Waals surface area contributed by atoms with Gasteiger partial charge in [-0.15, -0.1) is 0 Å². The molecule has 0 unspecified atom stereocenters. The minimum Gasteiger partial charge on any atom is -0.507 e. The van der Waals surface area contributed by atoms with Crippen LogP contribution in [-0.4, -0.2) is 34.2 Å². The number of phenols is 3. The first-order chi connectivity index (χ1) is 18.1. The maximum atomic E-state index is 11.7. The number of carbonyl (C=O) groups excluding carboxylic acids is 3. The van der Waals surface area contributed by atoms with E-state index in [0.29, 0.717) is 30.0 Å². The van der Waals surface area contributed by atoms with Crippen molar-refractivity contribution in [2.45, 2.75) is 31.6 Å². The zero-order chi connectivity index (χ0) is 27.7. The number of aromatic hydroxyl groups is 3. The molecule has 0 aliphatic rings. The fraction of sp³-hybridized carbons (Fsp3) is 0.156. The minimum absolute atomic E-state index is 0.0856. The highest BCUT2D eigenvalue weighted by Gasteiger charge is 2.34. The van der Waals surface area contributed by atoms with Gasteiger partial charge in [-0.05, 0) is 71.1 Å². The maximum absolute atomic E-state index is 11.7. The van der Waals surface area contributed by atoms with Gasteiger partial charge in [0.1, 0.15) is 17.2 Å². The van der Waals surface area contributed by atoms with E-state index in [1.807, 2.05) is 45.0 Å². The molecule has 192 valence electrons. The Morgan fingerprint density at radius 3 is 1.29 bits per heavy atom. The van der Waals surface area contributed by atoms with Crippen LogP contribution in [0.15, 0.2) is 78.9 Å². The Balaban J connectivity index is 1.96. The lowest BCUT2D eigenvalue weighted by Crippen LogP contribution is -2.27. The van der Waals surface area contributed by atoms with Crippen LogP contribution in [0.1, 0.15) is 79.7 Å². The molecule has 0 bridgehead atoms. The Morgan fingerprint density at radius 1 is 0.500 bits per heavy atom. The summed E-state index contributed by atoms with van der Waals surface area (Å²) >= 11 is 0. The van der Waals surface area contributed by atoms with Gasteiger partial charge < -0.3 is 15.3 Å². The van der Waals surface area contributed by atoms with Crippen molar-refractivity contribution in [2.75, 3.05) is 0 Å². The predicted octanol–water partition coefficient (Wildman–Crippen LogP) is 5.92. The minimum atomic E-state index is -0.897. The molecule has 38 heavy (non-hydrogen) atoms. The first-order valence-electron chi connectivity index (χ1n) is 12.0. The van der Waals surface area contributed by atoms with E-state index in [4.69, 9.17) is 0 Å². The molecular formula is C32H28O6. The lowest BCUT2D eigenvalue weighted by molar-refractivity contribution is 0.111. The summed E-state index contributed by atoms with van der Waals surface area (Å²) in [5.41, 5.74) is 2.99. The van der Waals surface area contributed by atoms with E-state index in [0.717, 1.165) is 16.7 Å². The molecule has 3 N–H and O–H groups in total. The summed E-state index contributed by atoms with van der Waals surface area (Å²) in [6.45, 7) is 5.98. The van der Waals surface area contributed by atoms with Crippen molar-refractivity contribution in [3.63, 3.8) is 0 Å². The number of hydrogen-bond donors (Lipinski definition) is 3. The van der Waals surface area contributed by atoms with Crippen molar-refractivity contribution in [3.8, 4) is 17.2 Å². The molecule has 0 saturated heterocycles. The van der Waals surface area contributed by atoms with Crippen LogP contribution in [-0.2, 0) is 10.8 Å². The van der Waals surface area contributed by atoms with Crippen LogP contribution in [0, 0.1) is 0 Å². The van der Waals surface area contributed by atoms with E-state index in [9.17, 15) is 29.7 Å². The number of phenolic OH excluding ortho intramolecular Hbond substituents is 3. The normalized spacial score (nSPS) is 11.7. The summed E-state index contributed by atoms with van der Waals surface area (Å²) in [6.07, 6.45) is 1.79. The van der Waals surface area contributed by atoms with Crippen molar-refractivity contribution in [1.29, 1.82) is 0 Å². The van der Waals surface area contributed by atoms with E-state index in [-0.39, 0.29) is 33.9 Å². The molecule has 0 spiro atoms. The molecule has 0 heterocycles. The molecular weight excluding hydrogens is 480 g/mol. The third-order valence-corrected chi connectivity index (χ3v) is 7.50. The smallest absolute Gasteiger partial charge is 0.153 e. The molecule has 0 radical (unpaired) electrons. The van der Waals surface area contributed by atoms with Crippen LogP contribution in [0.25, 0.3) is 0 Å². The van der Waals surface area contributed by atoms with Gasteiger partial charge in [0.25, 0.3) is 0 Å². The first kappa shape index (κ1) is 26.4. The van der Waals surface area contributed by atoms with Crippen LogP contribution in [0.3, 0.4) is 0 Å². The van der Waals surface area contributed by atoms with Crippen LogP contribution >= 0.6 is 0 Å². The van der Waals surface area contributed by atoms with Crippen LogP contribution in [0.4, 0.5) is 0 Å². The van der Waals surface area contributed by atoms with E-state index in [1.165, 1.54) is 18.2 Å². The van der Waals surface area contributed by atoms with Gasteiger partial charge in [0.15, 0.2) is 18.9 Å². The molecule has 0 aromatic heterocycles. The summed E-state index contributed by atoms with van der Waals surface area (Å²) < 4.78 is 0. The molecule has 4 aromatic carbocycles. The van der Waals surface area contributed by atoms with Crippen LogP contribution < -0.4 is 0 Å². The fourth-order valence-electron chi connectivity index (χ4n) is 4.84. The van der Waals surface area contributed by atoms with Crippen LogP contribution in [0.5, 0.6) is 17.2 Å². The molecule has 4 aromatic rings. The fourth-order valence-corrected chi connectivity index (χ4v) is 4.84. The zero-order valence-electron chi connectivity index (χ0n) is 21.3. The third kappa shape index (κ3) is 4.45. The first-order valence-corrected chi connectivity index (χ1v) is 12.0. The van der Waals surface area contributed by atoms with Gasteiger partial charge in [0, 0.05) is 10.8 Å². The molecule has 0 atom stereocenters. The number of carbonyl (C=O) groups is 3. The topological polar surface area (TPSA) is 112 Å². The highest BCUT2D eigenvalue weighted by Crippen LogP contribution is 2.43. The molecule has 6 nitrogen and oxygen atoms in total. The van der Waals surface area contributed by atoms with Gasteiger partial charge in [-0.25, -0.2) is 0 Å². The summed E-state index contributed by atoms with van der Waals surface area (Å²) in [5, 5.41) is 30.3. The summed E-state index contributed by atoms with van der Waals surface area (Å²) in [5.74, 6) is -0.366. The van der Waals surface area contributed by atoms with Gasteiger partial charge in [-0.3, -0.25) is 14.4 Å². The van der Waals surface area contributed by atoms with Gasteiger partial charge in [0.05, 0.1) is 16.7 Å². The van der Waals surface area contributed by atoms with Crippen molar-refractivity contribution < 1.29 is 29.7 Å². The summed E-state index contributed by atoms with van der Waals surface area (Å²) in [4.78, 5) is 34.8. The highest BCUT2D eigenvalue weighted by atomic mass is 16.3. The molecule has 4 rings (SSSR count). The number of rotatable bonds is 8. The number of benzene rings is 4. The van der Waals surface area contributed by atoms with Crippen molar-refractivity contribution in [1.82, 2.24) is 0 Å². The van der Waals surface area contributed by atoms with E-state index in [2.05, 4.69) is 0 Å². The predicted molar refractivity (Wildman–Crippen MR) is 145 cm³/mol. The van der Waals surface area contributed by atoms with Crippen molar-refractivity contribution >= 4 is 18.9 Å². The maximum Gasteiger partial charge on any atom is 0.153 e. The second-order valence-electron chi connectivity index (χ2n) is 10.0. The number of aldehydes is 3. The van der Waals surface area contributed by atoms with Crippen molar-refractivity contribution in [3.05, 3.63) is 123 Å². The standard InChI is InChI=1S/C32H28O6/c1-31(2,24-7-10-28(36)20(13-24)17-33)23-5-4-6-25(16-23)32(3,26-8-11-29(37)21(14-26)18-34)27-9-12-30(38)22(15-27)19-35/h4-19,36-38H,1-3H3. The van der Waals surface area contributed by atoms with Crippen LogP contribution in [0.2, 0.25) is 0 Å². The van der Waals surface area contributed by atoms with Gasteiger partial charge in [-0.2, -0.15) is 0 Å². The highest BCUT2D eigenvalue weighted by molar-refractivity contribution is 5.81. The molecule has 0 saturated carbocycles. The molecule has 0 aliphatic carbocycles. The van der Waals surface area contributed by atoms with Gasteiger partial charge in [0.2, 0.25) is 0 Å². The van der Waals surface area contributed by atoms with Gasteiger partial charge in [-0.1, -0.05) is 56.3 Å². The SMILES string of the molecule is CC(C)(c1cccc(C(C)(c2ccc(O)c(C=O)c2)c2ccc(O)c(C=O)c2)c1)c1ccc(O)c(C=O)c1. The van der Waals surface area contributed by atoms with Crippen molar-refractivity contribution in [2.24, 2.45) is 0 Å². The molecule has 0 amide bonds. The largest absolute Gasteiger partial charge is 0.507 e. The van der Waals surface area contributed by atoms with Gasteiger partial charge >= 0.3 is 0 Å². The third-order valence-electron chi connectivity index (χ3n) is 7.50. The number of hydrogen-bond acceptors (Lipinski definition) is 6. The molecule has 0 aliphatic heterocycles. The van der Waals surface area contributed by atoms with E-state index >= 15 is 0 Å². The molecule has 0 fully saturated rings.